The van der Waals surface area contributed by atoms with E-state index in [1.807, 2.05) is 24.3 Å². The van der Waals surface area contributed by atoms with E-state index in [0.29, 0.717) is 17.6 Å². The number of hydrogen-bond donors (Lipinski definition) is 1. The Labute approximate surface area is 180 Å². The number of aromatic amines is 1. The van der Waals surface area contributed by atoms with Crippen LogP contribution in [-0.2, 0) is 6.42 Å². The molecule has 1 N–H and O–H groups in total. The van der Waals surface area contributed by atoms with Crippen LogP contribution in [0.25, 0.3) is 22.2 Å². The fourth-order valence-corrected chi connectivity index (χ4v) is 3.41. The Balaban J connectivity index is 1.55. The van der Waals surface area contributed by atoms with Crippen LogP contribution in [0.1, 0.15) is 11.1 Å². The number of methoxy groups -OCH3 is 1. The summed E-state index contributed by atoms with van der Waals surface area (Å²) in [5.41, 5.74) is 3.21. The monoisotopic (exact) mass is 443 g/mol. The minimum atomic E-state index is -4.72. The first-order valence-electron chi connectivity index (χ1n) is 9.56. The Kier molecular flexibility index (Phi) is 5.61. The van der Waals surface area contributed by atoms with E-state index >= 15 is 0 Å². The fourth-order valence-electron chi connectivity index (χ4n) is 3.41. The highest BCUT2D eigenvalue weighted by Gasteiger charge is 2.30. The molecule has 1 aromatic heterocycles. The molecule has 4 aromatic rings. The Morgan fingerprint density at radius 1 is 0.906 bits per heavy atom. The zero-order chi connectivity index (χ0) is 22.9. The van der Waals surface area contributed by atoms with Crippen molar-refractivity contribution in [2.45, 2.75) is 12.8 Å². The molecule has 0 aliphatic rings. The summed E-state index contributed by atoms with van der Waals surface area (Å²) < 4.78 is 59.6. The van der Waals surface area contributed by atoms with Crippen LogP contribution in [0.5, 0.6) is 11.5 Å². The molecule has 0 spiro atoms. The highest BCUT2D eigenvalue weighted by molar-refractivity contribution is 5.83. The molecule has 0 aliphatic carbocycles. The number of alkyl halides is 3. The SMILES string of the molecule is COc1cc2[nH]c(-c3ccc(Cc4ccc(OC(F)(F)F)cc4)cc3)cc(=O)c2cc1F. The number of hydrogen-bond acceptors (Lipinski definition) is 3. The molecular weight excluding hydrogens is 426 g/mol. The normalized spacial score (nSPS) is 11.5. The van der Waals surface area contributed by atoms with Gasteiger partial charge in [0.2, 0.25) is 0 Å². The van der Waals surface area contributed by atoms with Crippen LogP contribution in [0.15, 0.2) is 71.5 Å². The molecule has 0 radical (unpaired) electrons. The molecular formula is C24H17F4NO3. The van der Waals surface area contributed by atoms with Gasteiger partial charge in [0.25, 0.3) is 0 Å². The summed E-state index contributed by atoms with van der Waals surface area (Å²) in [6, 6.07) is 17.1. The summed E-state index contributed by atoms with van der Waals surface area (Å²) in [7, 11) is 1.35. The van der Waals surface area contributed by atoms with Crippen LogP contribution < -0.4 is 14.9 Å². The lowest BCUT2D eigenvalue weighted by molar-refractivity contribution is -0.274. The smallest absolute Gasteiger partial charge is 0.494 e. The number of nitrogens with one attached hydrogen (secondary N) is 1. The fraction of sp³-hybridized carbons (Fsp3) is 0.125. The Morgan fingerprint density at radius 2 is 1.53 bits per heavy atom. The average Bonchev–Trinajstić information content (AvgIpc) is 2.74. The summed E-state index contributed by atoms with van der Waals surface area (Å²) in [6.07, 6.45) is -4.21. The highest BCUT2D eigenvalue weighted by Crippen LogP contribution is 2.26. The molecule has 4 rings (SSSR count). The standard InChI is InChI=1S/C24H17F4NO3/c1-31-23-13-21-18(11-19(23)25)22(30)12-20(29-21)16-6-2-14(3-7-16)10-15-4-8-17(9-5-15)32-24(26,27)28/h2-9,11-13H,10H2,1H3,(H,29,30). The van der Waals surface area contributed by atoms with Crippen molar-refractivity contribution in [3.63, 3.8) is 0 Å². The first-order chi connectivity index (χ1) is 15.2. The van der Waals surface area contributed by atoms with Gasteiger partial charge in [0.1, 0.15) is 5.75 Å². The molecule has 3 aromatic carbocycles. The predicted octanol–water partition coefficient (Wildman–Crippen LogP) is 5.83. The molecule has 0 aliphatic heterocycles. The van der Waals surface area contributed by atoms with Gasteiger partial charge >= 0.3 is 6.36 Å². The molecule has 0 atom stereocenters. The average molecular weight is 443 g/mol. The van der Waals surface area contributed by atoms with Gasteiger partial charge < -0.3 is 14.5 Å². The maximum Gasteiger partial charge on any atom is 0.573 e. The van der Waals surface area contributed by atoms with Crippen molar-refractivity contribution < 1.29 is 27.0 Å². The minimum absolute atomic E-state index is 0.0345. The molecule has 164 valence electrons. The molecule has 32 heavy (non-hydrogen) atoms. The lowest BCUT2D eigenvalue weighted by atomic mass is 10.0. The van der Waals surface area contributed by atoms with Crippen molar-refractivity contribution in [1.82, 2.24) is 4.98 Å². The Morgan fingerprint density at radius 3 is 2.12 bits per heavy atom. The van der Waals surface area contributed by atoms with Crippen LogP contribution in [-0.4, -0.2) is 18.5 Å². The maximum atomic E-state index is 13.9. The van der Waals surface area contributed by atoms with Crippen molar-refractivity contribution in [1.29, 1.82) is 0 Å². The molecule has 4 nitrogen and oxygen atoms in total. The van der Waals surface area contributed by atoms with E-state index in [9.17, 15) is 22.4 Å². The first kappa shape index (κ1) is 21.4. The summed E-state index contributed by atoms with van der Waals surface area (Å²) in [4.78, 5) is 15.6. The van der Waals surface area contributed by atoms with Crippen molar-refractivity contribution in [3.8, 4) is 22.8 Å². The lowest BCUT2D eigenvalue weighted by Gasteiger charge is -2.10. The molecule has 0 bridgehead atoms. The van der Waals surface area contributed by atoms with Gasteiger partial charge in [-0.15, -0.1) is 13.2 Å². The highest BCUT2D eigenvalue weighted by atomic mass is 19.4. The van der Waals surface area contributed by atoms with Gasteiger partial charge in [-0.2, -0.15) is 0 Å². The molecule has 0 saturated heterocycles. The summed E-state index contributed by atoms with van der Waals surface area (Å²) in [5.74, 6) is -0.846. The van der Waals surface area contributed by atoms with E-state index in [1.165, 1.54) is 31.4 Å². The Bertz CT molecular complexity index is 1310. The van der Waals surface area contributed by atoms with E-state index in [0.717, 1.165) is 22.8 Å². The second kappa shape index (κ2) is 8.37. The van der Waals surface area contributed by atoms with Gasteiger partial charge in [-0.05, 0) is 41.3 Å². The minimum Gasteiger partial charge on any atom is -0.494 e. The van der Waals surface area contributed by atoms with E-state index in [2.05, 4.69) is 9.72 Å². The molecule has 0 saturated carbocycles. The van der Waals surface area contributed by atoms with Crippen LogP contribution in [0, 0.1) is 5.82 Å². The number of H-pyrrole nitrogens is 1. The van der Waals surface area contributed by atoms with Crippen LogP contribution >= 0.6 is 0 Å². The molecule has 0 amide bonds. The largest absolute Gasteiger partial charge is 0.573 e. The number of fused-ring (bicyclic) bond motifs is 1. The Hall–Kier alpha value is -3.81. The van der Waals surface area contributed by atoms with Crippen LogP contribution in [0.2, 0.25) is 0 Å². The van der Waals surface area contributed by atoms with Crippen molar-refractivity contribution in [3.05, 3.63) is 93.9 Å². The van der Waals surface area contributed by atoms with Crippen molar-refractivity contribution in [2.75, 3.05) is 7.11 Å². The van der Waals surface area contributed by atoms with E-state index in [4.69, 9.17) is 4.74 Å². The molecule has 1 heterocycles. The molecule has 0 unspecified atom stereocenters. The van der Waals surface area contributed by atoms with Gasteiger partial charge in [-0.25, -0.2) is 4.39 Å². The van der Waals surface area contributed by atoms with Gasteiger partial charge in [0, 0.05) is 23.2 Å². The predicted molar refractivity (Wildman–Crippen MR) is 112 cm³/mol. The number of benzene rings is 3. The van der Waals surface area contributed by atoms with E-state index in [-0.39, 0.29) is 22.3 Å². The second-order valence-electron chi connectivity index (χ2n) is 7.15. The third kappa shape index (κ3) is 4.74. The quantitative estimate of drug-likeness (QED) is 0.395. The first-order valence-corrected chi connectivity index (χ1v) is 9.56. The zero-order valence-corrected chi connectivity index (χ0v) is 16.8. The van der Waals surface area contributed by atoms with Crippen LogP contribution in [0.4, 0.5) is 17.6 Å². The summed E-state index contributed by atoms with van der Waals surface area (Å²) in [6.45, 7) is 0. The van der Waals surface area contributed by atoms with Gasteiger partial charge in [0.15, 0.2) is 17.0 Å². The number of halogens is 4. The zero-order valence-electron chi connectivity index (χ0n) is 16.8. The van der Waals surface area contributed by atoms with Gasteiger partial charge in [-0.1, -0.05) is 36.4 Å². The summed E-state index contributed by atoms with van der Waals surface area (Å²) >= 11 is 0. The third-order valence-corrected chi connectivity index (χ3v) is 4.93. The number of aromatic nitrogens is 1. The maximum absolute atomic E-state index is 13.9. The lowest BCUT2D eigenvalue weighted by Crippen LogP contribution is -2.17. The van der Waals surface area contributed by atoms with Crippen molar-refractivity contribution >= 4 is 10.9 Å². The van der Waals surface area contributed by atoms with Crippen molar-refractivity contribution in [2.24, 2.45) is 0 Å². The number of ether oxygens (including phenoxy) is 2. The van der Waals surface area contributed by atoms with E-state index < -0.39 is 12.2 Å². The van der Waals surface area contributed by atoms with Gasteiger partial charge in [0.05, 0.1) is 12.6 Å². The van der Waals surface area contributed by atoms with Crippen LogP contribution in [0.3, 0.4) is 0 Å². The summed E-state index contributed by atoms with van der Waals surface area (Å²) in [5, 5.41) is 0.224. The molecule has 8 heteroatoms. The van der Waals surface area contributed by atoms with E-state index in [1.54, 1.807) is 12.1 Å². The number of pyridine rings is 1. The second-order valence-corrected chi connectivity index (χ2v) is 7.15. The number of rotatable bonds is 5. The topological polar surface area (TPSA) is 51.3 Å². The van der Waals surface area contributed by atoms with Gasteiger partial charge in [-0.3, -0.25) is 4.79 Å². The molecule has 0 fully saturated rings. The third-order valence-electron chi connectivity index (χ3n) is 4.93.